The summed E-state index contributed by atoms with van der Waals surface area (Å²) in [5, 5.41) is 12.5. The second-order valence-electron chi connectivity index (χ2n) is 10.3. The lowest BCUT2D eigenvalue weighted by atomic mass is 10.0. The van der Waals surface area contributed by atoms with Crippen molar-refractivity contribution in [3.63, 3.8) is 0 Å². The molecule has 2 aliphatic heterocycles. The zero-order chi connectivity index (χ0) is 27.9. The lowest BCUT2D eigenvalue weighted by molar-refractivity contribution is -0.152. The minimum atomic E-state index is -1.02. The van der Waals surface area contributed by atoms with Gasteiger partial charge in [-0.05, 0) is 78.0 Å². The van der Waals surface area contributed by atoms with Crippen LogP contribution in [0.15, 0.2) is 54.6 Å². The number of nitrogens with two attached hydrogens (primary N) is 1. The fraction of sp³-hybridized carbons (Fsp3) is 0.448. The Kier molecular flexibility index (Phi) is 9.95. The zero-order valence-electron chi connectivity index (χ0n) is 21.8. The van der Waals surface area contributed by atoms with Gasteiger partial charge in [0.05, 0.1) is 0 Å². The molecular formula is C29H35IN4O5. The van der Waals surface area contributed by atoms with Crippen molar-refractivity contribution in [2.24, 2.45) is 5.73 Å². The summed E-state index contributed by atoms with van der Waals surface area (Å²) in [5.74, 6) is -2.00. The van der Waals surface area contributed by atoms with Crippen LogP contribution in [-0.2, 0) is 32.0 Å². The fourth-order valence-electron chi connectivity index (χ4n) is 5.50. The molecule has 2 fully saturated rings. The first-order chi connectivity index (χ1) is 18.7. The van der Waals surface area contributed by atoms with Gasteiger partial charge >= 0.3 is 5.97 Å². The Morgan fingerprint density at radius 2 is 1.51 bits per heavy atom. The highest BCUT2D eigenvalue weighted by Gasteiger charge is 2.43. The number of rotatable bonds is 10. The Hall–Kier alpha value is -2.99. The summed E-state index contributed by atoms with van der Waals surface area (Å²) in [6, 6.07) is 14.5. The summed E-state index contributed by atoms with van der Waals surface area (Å²) < 4.78 is 1.05. The van der Waals surface area contributed by atoms with Crippen molar-refractivity contribution in [3.8, 4) is 0 Å². The molecular weight excluding hydrogens is 611 g/mol. The number of likely N-dealkylation sites (tertiary alicyclic amines) is 2. The van der Waals surface area contributed by atoms with E-state index in [1.54, 1.807) is 0 Å². The molecule has 0 spiro atoms. The maximum atomic E-state index is 13.9. The normalized spacial score (nSPS) is 20.5. The minimum Gasteiger partial charge on any atom is -0.480 e. The van der Waals surface area contributed by atoms with Crippen LogP contribution in [-0.4, -0.2) is 75.9 Å². The molecule has 4 N–H and O–H groups in total. The van der Waals surface area contributed by atoms with Gasteiger partial charge in [0.2, 0.25) is 17.7 Å². The number of carboxylic acids is 1. The second-order valence-corrected chi connectivity index (χ2v) is 11.6. The summed E-state index contributed by atoms with van der Waals surface area (Å²) in [6.07, 6.45) is 3.01. The smallest absolute Gasteiger partial charge is 0.326 e. The van der Waals surface area contributed by atoms with Crippen molar-refractivity contribution in [1.82, 2.24) is 15.1 Å². The highest BCUT2D eigenvalue weighted by molar-refractivity contribution is 14.1. The number of hydrogen-bond acceptors (Lipinski definition) is 5. The second kappa shape index (κ2) is 13.4. The van der Waals surface area contributed by atoms with Gasteiger partial charge in [-0.3, -0.25) is 14.4 Å². The molecule has 2 heterocycles. The molecule has 0 radical (unpaired) electrons. The van der Waals surface area contributed by atoms with E-state index < -0.39 is 30.1 Å². The molecule has 0 aromatic heterocycles. The van der Waals surface area contributed by atoms with Crippen molar-refractivity contribution in [1.29, 1.82) is 0 Å². The number of nitrogens with one attached hydrogen (secondary N) is 1. The van der Waals surface area contributed by atoms with Gasteiger partial charge in [-0.2, -0.15) is 0 Å². The molecule has 2 aliphatic rings. The number of aliphatic carboxylic acids is 1. The Balaban J connectivity index is 1.48. The van der Waals surface area contributed by atoms with E-state index in [1.165, 1.54) is 9.80 Å². The van der Waals surface area contributed by atoms with E-state index in [0.717, 1.165) is 14.7 Å². The monoisotopic (exact) mass is 646 g/mol. The first kappa shape index (κ1) is 29.0. The van der Waals surface area contributed by atoms with Crippen LogP contribution in [0.3, 0.4) is 0 Å². The first-order valence-electron chi connectivity index (χ1n) is 13.4. The van der Waals surface area contributed by atoms with E-state index in [4.69, 9.17) is 5.73 Å². The molecule has 0 saturated carbocycles. The molecule has 9 nitrogen and oxygen atoms in total. The van der Waals surface area contributed by atoms with Crippen molar-refractivity contribution in [3.05, 3.63) is 69.3 Å². The lowest BCUT2D eigenvalue weighted by Crippen LogP contribution is -2.56. The molecule has 0 bridgehead atoms. The van der Waals surface area contributed by atoms with E-state index in [0.29, 0.717) is 45.2 Å². The standard InChI is InChI=1S/C29H35IN4O5/c30-21-12-10-20(11-13-21)17-23(32-26(35)18-22(31)16-19-6-2-1-3-7-19)27(36)33-14-4-8-24(33)28(37)34-15-5-9-25(34)29(38)39/h1-3,6-7,10-13,22-25H,4-5,8-9,14-18,31H2,(H,32,35)(H,38,39). The Bertz CT molecular complexity index is 1180. The third-order valence-corrected chi connectivity index (χ3v) is 8.14. The van der Waals surface area contributed by atoms with Crippen LogP contribution in [0.4, 0.5) is 0 Å². The quantitative estimate of drug-likeness (QED) is 0.340. The summed E-state index contributed by atoms with van der Waals surface area (Å²) in [5.41, 5.74) is 8.18. The maximum absolute atomic E-state index is 13.9. The van der Waals surface area contributed by atoms with Gasteiger partial charge in [-0.15, -0.1) is 0 Å². The number of carbonyl (C=O) groups excluding carboxylic acids is 3. The van der Waals surface area contributed by atoms with Gasteiger partial charge in [0, 0.05) is 35.5 Å². The average molecular weight is 647 g/mol. The van der Waals surface area contributed by atoms with Gasteiger partial charge in [-0.1, -0.05) is 42.5 Å². The van der Waals surface area contributed by atoms with E-state index in [-0.39, 0.29) is 30.6 Å². The molecule has 10 heteroatoms. The van der Waals surface area contributed by atoms with Crippen LogP contribution in [0.5, 0.6) is 0 Å². The van der Waals surface area contributed by atoms with Crippen LogP contribution < -0.4 is 11.1 Å². The summed E-state index contributed by atoms with van der Waals surface area (Å²) in [7, 11) is 0. The van der Waals surface area contributed by atoms with Crippen molar-refractivity contribution in [2.45, 2.75) is 69.1 Å². The van der Waals surface area contributed by atoms with Gasteiger partial charge in [0.15, 0.2) is 0 Å². The van der Waals surface area contributed by atoms with Crippen LogP contribution in [0.25, 0.3) is 0 Å². The SMILES string of the molecule is NC(CC(=O)NC(Cc1ccc(I)cc1)C(=O)N1CCCC1C(=O)N1CCCC1C(=O)O)Cc1ccccc1. The molecule has 4 atom stereocenters. The third kappa shape index (κ3) is 7.57. The van der Waals surface area contributed by atoms with Crippen molar-refractivity contribution >= 4 is 46.3 Å². The Labute approximate surface area is 242 Å². The summed E-state index contributed by atoms with van der Waals surface area (Å²) >= 11 is 2.21. The molecule has 2 aromatic rings. The first-order valence-corrected chi connectivity index (χ1v) is 14.5. The number of hydrogen-bond donors (Lipinski definition) is 3. The molecule has 0 aliphatic carbocycles. The molecule has 39 heavy (non-hydrogen) atoms. The molecule has 4 unspecified atom stereocenters. The summed E-state index contributed by atoms with van der Waals surface area (Å²) in [6.45, 7) is 0.754. The fourth-order valence-corrected chi connectivity index (χ4v) is 5.86. The number of nitrogens with zero attached hydrogens (tertiary/aromatic N) is 2. The highest BCUT2D eigenvalue weighted by Crippen LogP contribution is 2.26. The predicted octanol–water partition coefficient (Wildman–Crippen LogP) is 2.35. The Morgan fingerprint density at radius 1 is 0.897 bits per heavy atom. The summed E-state index contributed by atoms with van der Waals surface area (Å²) in [4.78, 5) is 54.9. The Morgan fingerprint density at radius 3 is 2.18 bits per heavy atom. The third-order valence-electron chi connectivity index (χ3n) is 7.42. The molecule has 2 aromatic carbocycles. The van der Waals surface area contributed by atoms with Crippen molar-refractivity contribution in [2.75, 3.05) is 13.1 Å². The maximum Gasteiger partial charge on any atom is 0.326 e. The topological polar surface area (TPSA) is 133 Å². The number of amides is 3. The van der Waals surface area contributed by atoms with E-state index >= 15 is 0 Å². The molecule has 2 saturated heterocycles. The zero-order valence-corrected chi connectivity index (χ0v) is 24.0. The predicted molar refractivity (Wildman–Crippen MR) is 155 cm³/mol. The lowest BCUT2D eigenvalue weighted by Gasteiger charge is -2.32. The van der Waals surface area contributed by atoms with E-state index in [1.807, 2.05) is 54.6 Å². The number of halogens is 1. The number of benzene rings is 2. The molecule has 4 rings (SSSR count). The van der Waals surface area contributed by atoms with Gasteiger partial charge in [-0.25, -0.2) is 4.79 Å². The van der Waals surface area contributed by atoms with Gasteiger partial charge in [0.1, 0.15) is 18.1 Å². The largest absolute Gasteiger partial charge is 0.480 e. The van der Waals surface area contributed by atoms with E-state index in [9.17, 15) is 24.3 Å². The number of carboxylic acid groups (broad SMARTS) is 1. The van der Waals surface area contributed by atoms with Crippen LogP contribution in [0.1, 0.15) is 43.2 Å². The minimum absolute atomic E-state index is 0.0573. The van der Waals surface area contributed by atoms with E-state index in [2.05, 4.69) is 27.9 Å². The molecule has 208 valence electrons. The highest BCUT2D eigenvalue weighted by atomic mass is 127. The average Bonchev–Trinajstić information content (AvgIpc) is 3.60. The van der Waals surface area contributed by atoms with Crippen LogP contribution in [0.2, 0.25) is 0 Å². The van der Waals surface area contributed by atoms with Crippen LogP contribution in [0, 0.1) is 3.57 Å². The van der Waals surface area contributed by atoms with Gasteiger partial charge in [0.25, 0.3) is 0 Å². The molecule has 3 amide bonds. The van der Waals surface area contributed by atoms with Crippen LogP contribution >= 0.6 is 22.6 Å². The number of carbonyl (C=O) groups is 4. The van der Waals surface area contributed by atoms with Crippen molar-refractivity contribution < 1.29 is 24.3 Å². The van der Waals surface area contributed by atoms with Gasteiger partial charge < -0.3 is 26.0 Å².